The van der Waals surface area contributed by atoms with Crippen molar-refractivity contribution in [3.8, 4) is 0 Å². The molecule has 6 heteroatoms. The van der Waals surface area contributed by atoms with E-state index >= 15 is 0 Å². The molecule has 0 saturated carbocycles. The van der Waals surface area contributed by atoms with Crippen LogP contribution >= 0.6 is 31.9 Å². The van der Waals surface area contributed by atoms with E-state index in [-0.39, 0.29) is 7.43 Å². The zero-order chi connectivity index (χ0) is 14.8. The fourth-order valence-electron chi connectivity index (χ4n) is 2.02. The minimum atomic E-state index is 0. The maximum absolute atomic E-state index is 4.20. The van der Waals surface area contributed by atoms with E-state index in [4.69, 9.17) is 0 Å². The van der Waals surface area contributed by atoms with Gasteiger partial charge < -0.3 is 9.97 Å². The Morgan fingerprint density at radius 2 is 1.64 bits per heavy atom. The molecule has 0 aliphatic carbocycles. The maximum Gasteiger partial charge on any atom is 0.137 e. The molecule has 4 nitrogen and oxygen atoms in total. The van der Waals surface area contributed by atoms with Gasteiger partial charge in [0.25, 0.3) is 0 Å². The Balaban J connectivity index is 0.000000154. The molecule has 2 N–H and O–H groups in total. The summed E-state index contributed by atoms with van der Waals surface area (Å²) in [6.45, 7) is 2.06. The molecule has 4 rings (SSSR count). The molecule has 0 fully saturated rings. The molecule has 0 radical (unpaired) electrons. The first kappa shape index (κ1) is 16.7. The summed E-state index contributed by atoms with van der Waals surface area (Å²) in [6.07, 6.45) is 7.41. The SMILES string of the molecule is Brc1cnc2[nH]ccc2c1.C.Cc1c[nH]c2ncc(Br)cc12. The number of pyridine rings is 2. The number of hydrogen-bond acceptors (Lipinski definition) is 2. The van der Waals surface area contributed by atoms with Crippen molar-refractivity contribution in [2.75, 3.05) is 0 Å². The lowest BCUT2D eigenvalue weighted by Gasteiger charge is -1.90. The van der Waals surface area contributed by atoms with Gasteiger partial charge in [-0.25, -0.2) is 9.97 Å². The normalized spacial score (nSPS) is 10.1. The fourth-order valence-corrected chi connectivity index (χ4v) is 2.70. The standard InChI is InChI=1S/C8H7BrN2.C7H5BrN2.CH4/c1-5-3-10-8-7(5)2-6(9)4-11-8;8-6-3-5-1-2-9-7(5)10-4-6;/h2-4H,1H3,(H,10,11);1-4H,(H,9,10);1H4. The molecule has 4 aromatic rings. The van der Waals surface area contributed by atoms with Crippen molar-refractivity contribution in [2.45, 2.75) is 14.4 Å². The van der Waals surface area contributed by atoms with Crippen molar-refractivity contribution in [2.24, 2.45) is 0 Å². The first-order valence-corrected chi connectivity index (χ1v) is 7.90. The topological polar surface area (TPSA) is 57.4 Å². The number of H-pyrrole nitrogens is 2. The minimum Gasteiger partial charge on any atom is -0.346 e. The number of rotatable bonds is 0. The predicted molar refractivity (Wildman–Crippen MR) is 99.1 cm³/mol. The van der Waals surface area contributed by atoms with E-state index in [9.17, 15) is 0 Å². The van der Waals surface area contributed by atoms with Gasteiger partial charge in [0.1, 0.15) is 11.3 Å². The number of halogens is 2. The van der Waals surface area contributed by atoms with Crippen LogP contribution in [0.3, 0.4) is 0 Å². The second-order valence-corrected chi connectivity index (χ2v) is 6.42. The zero-order valence-corrected chi connectivity index (χ0v) is 14.4. The number of aromatic nitrogens is 4. The predicted octanol–water partition coefficient (Wildman–Crippen LogP) is 5.60. The summed E-state index contributed by atoms with van der Waals surface area (Å²) in [5.74, 6) is 0. The van der Waals surface area contributed by atoms with Crippen molar-refractivity contribution < 1.29 is 0 Å². The molecule has 0 atom stereocenters. The van der Waals surface area contributed by atoms with Crippen LogP contribution in [0.15, 0.2) is 51.9 Å². The number of nitrogens with one attached hydrogen (secondary N) is 2. The number of nitrogens with zero attached hydrogens (tertiary/aromatic N) is 2. The molecule has 0 aliphatic rings. The van der Waals surface area contributed by atoms with Crippen molar-refractivity contribution >= 4 is 53.9 Å². The Hall–Kier alpha value is -1.66. The molecule has 4 aromatic heterocycles. The van der Waals surface area contributed by atoms with Crippen molar-refractivity contribution in [1.29, 1.82) is 0 Å². The summed E-state index contributed by atoms with van der Waals surface area (Å²) in [5.41, 5.74) is 3.11. The highest BCUT2D eigenvalue weighted by Gasteiger charge is 1.99. The quantitative estimate of drug-likeness (QED) is 0.387. The molecule has 0 amide bonds. The summed E-state index contributed by atoms with van der Waals surface area (Å²) in [5, 5.41) is 2.31. The molecule has 0 bridgehead atoms. The first-order chi connectivity index (χ1) is 10.1. The largest absolute Gasteiger partial charge is 0.346 e. The van der Waals surface area contributed by atoms with Crippen LogP contribution in [0.25, 0.3) is 22.1 Å². The maximum atomic E-state index is 4.20. The van der Waals surface area contributed by atoms with Crippen LogP contribution in [-0.4, -0.2) is 19.9 Å². The van der Waals surface area contributed by atoms with E-state index in [0.717, 1.165) is 25.6 Å². The summed E-state index contributed by atoms with van der Waals surface area (Å²) in [6, 6.07) is 6.08. The van der Waals surface area contributed by atoms with E-state index in [1.807, 2.05) is 24.5 Å². The first-order valence-electron chi connectivity index (χ1n) is 6.31. The highest BCUT2D eigenvalue weighted by Crippen LogP contribution is 2.19. The molecule has 4 heterocycles. The molecule has 0 unspecified atom stereocenters. The van der Waals surface area contributed by atoms with Crippen LogP contribution in [0.2, 0.25) is 0 Å². The molecule has 114 valence electrons. The Bertz CT molecular complexity index is 895. The van der Waals surface area contributed by atoms with Gasteiger partial charge in [0, 0.05) is 44.5 Å². The third-order valence-electron chi connectivity index (χ3n) is 3.07. The van der Waals surface area contributed by atoms with Crippen molar-refractivity contribution in [3.05, 3.63) is 57.5 Å². The van der Waals surface area contributed by atoms with Gasteiger partial charge in [-0.15, -0.1) is 0 Å². The highest BCUT2D eigenvalue weighted by molar-refractivity contribution is 9.10. The van der Waals surface area contributed by atoms with Crippen molar-refractivity contribution in [1.82, 2.24) is 19.9 Å². The number of fused-ring (bicyclic) bond motifs is 2. The number of hydrogen-bond donors (Lipinski definition) is 2. The summed E-state index contributed by atoms with van der Waals surface area (Å²) >= 11 is 6.72. The smallest absolute Gasteiger partial charge is 0.137 e. The second kappa shape index (κ2) is 7.07. The van der Waals surface area contributed by atoms with Crippen LogP contribution in [0.1, 0.15) is 13.0 Å². The third kappa shape index (κ3) is 3.56. The van der Waals surface area contributed by atoms with E-state index in [1.165, 1.54) is 10.9 Å². The minimum absolute atomic E-state index is 0. The third-order valence-corrected chi connectivity index (χ3v) is 3.94. The molecule has 0 saturated heterocycles. The van der Waals surface area contributed by atoms with Crippen molar-refractivity contribution in [3.63, 3.8) is 0 Å². The molecule has 0 aliphatic heterocycles. The van der Waals surface area contributed by atoms with Gasteiger partial charge in [-0.05, 0) is 62.5 Å². The van der Waals surface area contributed by atoms with Crippen LogP contribution < -0.4 is 0 Å². The van der Waals surface area contributed by atoms with E-state index in [2.05, 4.69) is 64.8 Å². The molecular formula is C16H16Br2N4. The average Bonchev–Trinajstić information content (AvgIpc) is 3.06. The fraction of sp³-hybridized carbons (Fsp3) is 0.125. The van der Waals surface area contributed by atoms with Gasteiger partial charge in [-0.2, -0.15) is 0 Å². The second-order valence-electron chi connectivity index (χ2n) is 4.59. The summed E-state index contributed by atoms with van der Waals surface area (Å²) < 4.78 is 2.03. The molecule has 22 heavy (non-hydrogen) atoms. The summed E-state index contributed by atoms with van der Waals surface area (Å²) in [4.78, 5) is 14.4. The Morgan fingerprint density at radius 1 is 0.955 bits per heavy atom. The monoisotopic (exact) mass is 422 g/mol. The lowest BCUT2D eigenvalue weighted by Crippen LogP contribution is -1.75. The Morgan fingerprint density at radius 3 is 2.41 bits per heavy atom. The summed E-state index contributed by atoms with van der Waals surface area (Å²) in [7, 11) is 0. The van der Waals surface area contributed by atoms with Gasteiger partial charge in [-0.3, -0.25) is 0 Å². The van der Waals surface area contributed by atoms with Crippen LogP contribution in [-0.2, 0) is 0 Å². The highest BCUT2D eigenvalue weighted by atomic mass is 79.9. The Labute approximate surface area is 145 Å². The Kier molecular flexibility index (Phi) is 5.37. The van der Waals surface area contributed by atoms with E-state index in [1.54, 1.807) is 12.4 Å². The molecule has 0 aromatic carbocycles. The van der Waals surface area contributed by atoms with Gasteiger partial charge in [-0.1, -0.05) is 7.43 Å². The van der Waals surface area contributed by atoms with E-state index < -0.39 is 0 Å². The zero-order valence-electron chi connectivity index (χ0n) is 11.2. The van der Waals surface area contributed by atoms with Gasteiger partial charge in [0.05, 0.1) is 0 Å². The van der Waals surface area contributed by atoms with Gasteiger partial charge in [0.2, 0.25) is 0 Å². The van der Waals surface area contributed by atoms with Gasteiger partial charge >= 0.3 is 0 Å². The average molecular weight is 424 g/mol. The van der Waals surface area contributed by atoms with Gasteiger partial charge in [0.15, 0.2) is 0 Å². The van der Waals surface area contributed by atoms with Crippen LogP contribution in [0.4, 0.5) is 0 Å². The van der Waals surface area contributed by atoms with E-state index in [0.29, 0.717) is 0 Å². The lowest BCUT2D eigenvalue weighted by atomic mass is 10.2. The molecular weight excluding hydrogens is 408 g/mol. The molecule has 0 spiro atoms. The van der Waals surface area contributed by atoms with Crippen LogP contribution in [0, 0.1) is 6.92 Å². The number of aromatic amines is 2. The lowest BCUT2D eigenvalue weighted by molar-refractivity contribution is 1.31. The van der Waals surface area contributed by atoms with Crippen LogP contribution in [0.5, 0.6) is 0 Å². The number of aryl methyl sites for hydroxylation is 1.